The second-order valence-corrected chi connectivity index (χ2v) is 30.7. The van der Waals surface area contributed by atoms with E-state index in [4.69, 9.17) is 28.7 Å². The van der Waals surface area contributed by atoms with Crippen LogP contribution in [0.5, 0.6) is 0 Å². The molecule has 0 bridgehead atoms. The van der Waals surface area contributed by atoms with E-state index in [0.29, 0.717) is 131 Å². The predicted octanol–water partition coefficient (Wildman–Crippen LogP) is 22.9. The summed E-state index contributed by atoms with van der Waals surface area (Å²) in [6.45, 7) is 29.9. The molecule has 8 aromatic rings. The van der Waals surface area contributed by atoms with Crippen molar-refractivity contribution in [3.8, 4) is 0 Å². The molecule has 6 aromatic carbocycles. The molecule has 0 saturated heterocycles. The molecule has 8 rings (SSSR count). The molecule has 5 atom stereocenters. The van der Waals surface area contributed by atoms with Crippen LogP contribution in [-0.4, -0.2) is 98.3 Å². The molecule has 116 heavy (non-hydrogen) atoms. The van der Waals surface area contributed by atoms with Crippen molar-refractivity contribution in [1.29, 1.82) is 0 Å². The number of carbonyl (C=O) groups excluding carboxylic acids is 5. The fraction of sp³-hybridized carbons (Fsp3) is 0.489. The number of rotatable bonds is 50. The van der Waals surface area contributed by atoms with E-state index in [-0.39, 0.29) is 65.1 Å². The molecule has 0 saturated carbocycles. The molecule has 0 aliphatic heterocycles. The van der Waals surface area contributed by atoms with E-state index >= 15 is 0 Å². The maximum Gasteiger partial charge on any atom is 0.338 e. The quantitative estimate of drug-likeness (QED) is 0.00613. The summed E-state index contributed by atoms with van der Waals surface area (Å²) < 4.78 is 22.6. The lowest BCUT2D eigenvalue weighted by atomic mass is 10.0. The van der Waals surface area contributed by atoms with Crippen LogP contribution in [0, 0.1) is 29.6 Å². The van der Waals surface area contributed by atoms with E-state index in [2.05, 4.69) is 136 Å². The smallest absolute Gasteiger partial charge is 0.338 e. The minimum atomic E-state index is -0.359. The van der Waals surface area contributed by atoms with Gasteiger partial charge in [0.2, 0.25) is 35.7 Å². The fourth-order valence-electron chi connectivity index (χ4n) is 12.3. The van der Waals surface area contributed by atoms with Gasteiger partial charge in [-0.3, -0.25) is 4.79 Å². The molecule has 0 spiro atoms. The highest BCUT2D eigenvalue weighted by Crippen LogP contribution is 2.28. The topological polar surface area (TPSA) is 302 Å². The number of hydrogen-bond donors (Lipinski definition) is 7. The van der Waals surface area contributed by atoms with Gasteiger partial charge in [-0.25, -0.2) is 29.0 Å². The van der Waals surface area contributed by atoms with Gasteiger partial charge in [-0.05, 0) is 221 Å². The van der Waals surface area contributed by atoms with Gasteiger partial charge in [0.1, 0.15) is 6.61 Å². The van der Waals surface area contributed by atoms with Crippen LogP contribution >= 0.6 is 0 Å². The van der Waals surface area contributed by atoms with E-state index in [9.17, 15) is 24.0 Å². The Hall–Kier alpha value is -10.6. The van der Waals surface area contributed by atoms with E-state index in [1.807, 2.05) is 45.0 Å². The molecule has 0 aliphatic carbocycles. The van der Waals surface area contributed by atoms with Crippen LogP contribution in [0.15, 0.2) is 146 Å². The summed E-state index contributed by atoms with van der Waals surface area (Å²) in [5.41, 5.74) is 7.05. The molecule has 7 N–H and O–H groups in total. The second kappa shape index (κ2) is 50.7. The third-order valence-electron chi connectivity index (χ3n) is 20.0. The third-order valence-corrected chi connectivity index (χ3v) is 20.0. The van der Waals surface area contributed by atoms with Crippen LogP contribution in [0.25, 0.3) is 0 Å². The number of carbonyl (C=O) groups is 5. The molecule has 2 aromatic heterocycles. The van der Waals surface area contributed by atoms with E-state index in [1.165, 1.54) is 12.8 Å². The standard InChI is InChI=1S/C48H66N6O6.C44H61N7O5/c1-7-13-16-34(10-4)31-58-43(55)37-19-25-40(26-20-37)49-46-52-47(50-41-27-21-38(22-28-41)44(56)59-32-35(11-5)17-14-8-2)54-48(53-46)51-42-29-23-39(24-30-42)45(57)60-33-36(12-6)18-15-9-3;1-8-12-14-31(10-3)28-54-40(53)35-20-26-38(27-21-35)47-43-49-41(45-36-22-16-33(17-23-36)30-56-55-29-32(11-4)15-13-9-2)48-42(50-43)46-37-24-18-34(19-25-37)39(52)51-44(5,6)7/h19-30,34-36H,7-18,31-33H2,1-6H3,(H3,49,50,51,52,53,54);16-27,31-32H,8-15,28-30H2,1-7H3,(H,51,52)(H3,45,46,47,48,49,50). The SMILES string of the molecule is CCCCC(CC)COC(=O)c1ccc(Nc2nc(Nc3ccc(C(=O)OCC(CC)CCCC)cc3)nc(Nc3ccc(C(=O)OCC(CC)CCCC)cc3)n2)cc1.CCCCC(CC)COOCc1ccc(Nc2nc(Nc3ccc(C(=O)NC(C)(C)C)cc3)nc(Nc3ccc(C(=O)OCC(CC)CCCC)cc3)n2)cc1. The summed E-state index contributed by atoms with van der Waals surface area (Å²) >= 11 is 0. The van der Waals surface area contributed by atoms with Gasteiger partial charge in [0.05, 0.1) is 55.3 Å². The normalized spacial score (nSPS) is 12.5. The molecule has 0 radical (unpaired) electrons. The minimum absolute atomic E-state index is 0.156. The van der Waals surface area contributed by atoms with Gasteiger partial charge >= 0.3 is 23.9 Å². The van der Waals surface area contributed by atoms with Gasteiger partial charge in [0.15, 0.2) is 0 Å². The van der Waals surface area contributed by atoms with Crippen LogP contribution in [0.4, 0.5) is 69.8 Å². The van der Waals surface area contributed by atoms with Crippen LogP contribution in [0.3, 0.4) is 0 Å². The Bertz CT molecular complexity index is 3980. The highest BCUT2D eigenvalue weighted by Gasteiger charge is 2.21. The van der Waals surface area contributed by atoms with Crippen molar-refractivity contribution in [3.05, 3.63) is 179 Å². The fourth-order valence-corrected chi connectivity index (χ4v) is 12.3. The predicted molar refractivity (Wildman–Crippen MR) is 464 cm³/mol. The van der Waals surface area contributed by atoms with Crippen molar-refractivity contribution in [3.63, 3.8) is 0 Å². The van der Waals surface area contributed by atoms with Gasteiger partial charge in [0, 0.05) is 45.2 Å². The second-order valence-electron chi connectivity index (χ2n) is 30.7. The lowest BCUT2D eigenvalue weighted by Crippen LogP contribution is -2.40. The summed E-state index contributed by atoms with van der Waals surface area (Å²) in [5, 5.41) is 22.4. The molecule has 2 heterocycles. The zero-order chi connectivity index (χ0) is 83.5. The Morgan fingerprint density at radius 1 is 0.293 bits per heavy atom. The molecule has 24 heteroatoms. The van der Waals surface area contributed by atoms with Gasteiger partial charge in [0.25, 0.3) is 5.91 Å². The van der Waals surface area contributed by atoms with Crippen LogP contribution in [0.2, 0.25) is 0 Å². The van der Waals surface area contributed by atoms with Crippen molar-refractivity contribution < 1.29 is 52.7 Å². The molecular weight excluding hydrogens is 1460 g/mol. The van der Waals surface area contributed by atoms with Crippen molar-refractivity contribution in [2.45, 2.75) is 231 Å². The number of amides is 1. The van der Waals surface area contributed by atoms with Crippen LogP contribution in [-0.2, 0) is 35.3 Å². The zero-order valence-electron chi connectivity index (χ0n) is 70.8. The zero-order valence-corrected chi connectivity index (χ0v) is 70.8. The van der Waals surface area contributed by atoms with E-state index < -0.39 is 0 Å². The first-order valence-electron chi connectivity index (χ1n) is 42.1. The Labute approximate surface area is 688 Å². The number of esters is 4. The molecule has 0 fully saturated rings. The van der Waals surface area contributed by atoms with Crippen molar-refractivity contribution in [2.24, 2.45) is 29.6 Å². The highest BCUT2D eigenvalue weighted by atomic mass is 17.2. The lowest BCUT2D eigenvalue weighted by Gasteiger charge is -2.20. The Kier molecular flexibility index (Phi) is 40.5. The minimum Gasteiger partial charge on any atom is -0.462 e. The number of benzene rings is 6. The maximum absolute atomic E-state index is 12.8. The van der Waals surface area contributed by atoms with Crippen LogP contribution < -0.4 is 37.2 Å². The maximum atomic E-state index is 12.8. The number of nitrogens with zero attached hydrogens (tertiary/aromatic N) is 6. The van der Waals surface area contributed by atoms with Gasteiger partial charge in [-0.1, -0.05) is 178 Å². The summed E-state index contributed by atoms with van der Waals surface area (Å²) in [6.07, 6.45) is 21.6. The van der Waals surface area contributed by atoms with E-state index in [0.717, 1.165) is 127 Å². The Morgan fingerprint density at radius 2 is 0.509 bits per heavy atom. The van der Waals surface area contributed by atoms with Gasteiger partial charge in [-0.15, -0.1) is 0 Å². The molecule has 626 valence electrons. The van der Waals surface area contributed by atoms with Crippen LogP contribution in [0.1, 0.15) is 276 Å². The molecule has 1 amide bonds. The van der Waals surface area contributed by atoms with Crippen molar-refractivity contribution in [2.75, 3.05) is 64.9 Å². The Balaban J connectivity index is 0.000000322. The lowest BCUT2D eigenvalue weighted by molar-refractivity contribution is -0.310. The van der Waals surface area contributed by atoms with Gasteiger partial charge in [-0.2, -0.15) is 29.9 Å². The average Bonchev–Trinajstić information content (AvgIpc) is 0.827. The monoisotopic (exact) mass is 1590 g/mol. The molecule has 5 unspecified atom stereocenters. The molecule has 0 aliphatic rings. The number of ether oxygens (including phenoxy) is 4. The van der Waals surface area contributed by atoms with Gasteiger partial charge < -0.3 is 56.2 Å². The highest BCUT2D eigenvalue weighted by molar-refractivity contribution is 5.95. The number of nitrogens with one attached hydrogen (secondary N) is 7. The molecular formula is C92H127N13O11. The van der Waals surface area contributed by atoms with Crippen molar-refractivity contribution >= 4 is 99.6 Å². The average molecular weight is 1590 g/mol. The largest absolute Gasteiger partial charge is 0.462 e. The molecule has 24 nitrogen and oxygen atoms in total. The number of unbranched alkanes of at least 4 members (excludes halogenated alkanes) is 5. The van der Waals surface area contributed by atoms with E-state index in [1.54, 1.807) is 121 Å². The number of hydrogen-bond acceptors (Lipinski definition) is 23. The summed E-state index contributed by atoms with van der Waals surface area (Å²) in [6, 6.07) is 42.7. The summed E-state index contributed by atoms with van der Waals surface area (Å²) in [7, 11) is 0. The van der Waals surface area contributed by atoms with Crippen molar-refractivity contribution in [1.82, 2.24) is 35.2 Å². The third kappa shape index (κ3) is 33.7. The first-order chi connectivity index (χ1) is 56.1. The summed E-state index contributed by atoms with van der Waals surface area (Å²) in [4.78, 5) is 103. The first-order valence-corrected chi connectivity index (χ1v) is 42.1. The Morgan fingerprint density at radius 3 is 0.724 bits per heavy atom. The first kappa shape index (κ1) is 92.6. The summed E-state index contributed by atoms with van der Waals surface area (Å²) in [5.74, 6) is 1.89. The number of anilines is 12. The number of aromatic nitrogens is 6.